The van der Waals surface area contributed by atoms with E-state index in [0.29, 0.717) is 12.1 Å². The number of rotatable bonds is 4. The summed E-state index contributed by atoms with van der Waals surface area (Å²) in [5.74, 6) is -0.00671. The normalized spacial score (nSPS) is 21.3. The topological polar surface area (TPSA) is 53.2 Å². The first-order chi connectivity index (χ1) is 7.13. The Kier molecular flexibility index (Phi) is 4.78. The van der Waals surface area contributed by atoms with Gasteiger partial charge in [0.15, 0.2) is 0 Å². The lowest BCUT2D eigenvalue weighted by atomic mass is 9.94. The molecule has 86 valence electrons. The van der Waals surface area contributed by atoms with Crippen LogP contribution in [-0.2, 0) is 4.79 Å². The van der Waals surface area contributed by atoms with E-state index in [2.05, 4.69) is 30.0 Å². The number of nitrogens with one attached hydrogen (secondary N) is 3. The highest BCUT2D eigenvalue weighted by molar-refractivity contribution is 5.93. The maximum Gasteiger partial charge on any atom is 0.261 e. The highest BCUT2D eigenvalue weighted by Gasteiger charge is 2.19. The zero-order valence-corrected chi connectivity index (χ0v) is 9.76. The Balaban J connectivity index is 2.47. The Labute approximate surface area is 91.5 Å². The summed E-state index contributed by atoms with van der Waals surface area (Å²) in [6.07, 6.45) is 4.96. The first-order valence-corrected chi connectivity index (χ1v) is 5.55. The van der Waals surface area contributed by atoms with Gasteiger partial charge in [-0.1, -0.05) is 19.9 Å². The number of carbonyl (C=O) groups excluding carboxylic acids is 1. The SMILES string of the molecule is CNNC(=O)C1=CCCC(NC(C)C)C1. The summed E-state index contributed by atoms with van der Waals surface area (Å²) in [6, 6.07) is 0.911. The Hall–Kier alpha value is -0.870. The van der Waals surface area contributed by atoms with Crippen molar-refractivity contribution >= 4 is 5.91 Å². The van der Waals surface area contributed by atoms with E-state index in [1.165, 1.54) is 0 Å². The predicted molar refractivity (Wildman–Crippen MR) is 61.2 cm³/mol. The number of hydrogen-bond acceptors (Lipinski definition) is 3. The molecule has 4 heteroatoms. The van der Waals surface area contributed by atoms with Gasteiger partial charge in [-0.05, 0) is 19.3 Å². The average Bonchev–Trinajstić information content (AvgIpc) is 2.17. The van der Waals surface area contributed by atoms with Gasteiger partial charge in [-0.25, -0.2) is 5.43 Å². The Morgan fingerprint density at radius 2 is 2.27 bits per heavy atom. The van der Waals surface area contributed by atoms with E-state index in [4.69, 9.17) is 0 Å². The molecular weight excluding hydrogens is 190 g/mol. The molecule has 1 atom stereocenters. The van der Waals surface area contributed by atoms with Crippen molar-refractivity contribution in [3.63, 3.8) is 0 Å². The number of amides is 1. The van der Waals surface area contributed by atoms with E-state index in [9.17, 15) is 4.79 Å². The number of hydrazine groups is 1. The number of carbonyl (C=O) groups is 1. The molecule has 0 bridgehead atoms. The van der Waals surface area contributed by atoms with Crippen LogP contribution >= 0.6 is 0 Å². The van der Waals surface area contributed by atoms with Gasteiger partial charge in [0.05, 0.1) is 0 Å². The van der Waals surface area contributed by atoms with Crippen LogP contribution in [0.2, 0.25) is 0 Å². The fourth-order valence-electron chi connectivity index (χ4n) is 1.90. The van der Waals surface area contributed by atoms with Gasteiger partial charge in [0.1, 0.15) is 0 Å². The average molecular weight is 211 g/mol. The molecule has 0 aromatic heterocycles. The molecule has 4 nitrogen and oxygen atoms in total. The van der Waals surface area contributed by atoms with Gasteiger partial charge in [-0.3, -0.25) is 10.2 Å². The van der Waals surface area contributed by atoms with Gasteiger partial charge < -0.3 is 5.32 Å². The molecule has 1 aliphatic carbocycles. The smallest absolute Gasteiger partial charge is 0.261 e. The molecule has 0 aliphatic heterocycles. The lowest BCUT2D eigenvalue weighted by Crippen LogP contribution is -2.40. The summed E-state index contributed by atoms with van der Waals surface area (Å²) in [6.45, 7) is 4.26. The summed E-state index contributed by atoms with van der Waals surface area (Å²) >= 11 is 0. The van der Waals surface area contributed by atoms with Crippen LogP contribution in [0.4, 0.5) is 0 Å². The van der Waals surface area contributed by atoms with Crippen molar-refractivity contribution in [2.75, 3.05) is 7.05 Å². The van der Waals surface area contributed by atoms with Gasteiger partial charge in [-0.15, -0.1) is 0 Å². The highest BCUT2D eigenvalue weighted by atomic mass is 16.2. The maximum absolute atomic E-state index is 11.6. The molecule has 0 radical (unpaired) electrons. The molecule has 0 fully saturated rings. The van der Waals surface area contributed by atoms with E-state index in [0.717, 1.165) is 24.8 Å². The highest BCUT2D eigenvalue weighted by Crippen LogP contribution is 2.18. The zero-order valence-electron chi connectivity index (χ0n) is 9.76. The number of allylic oxidation sites excluding steroid dienone is 1. The quantitative estimate of drug-likeness (QED) is 0.600. The second-order valence-corrected chi connectivity index (χ2v) is 4.23. The van der Waals surface area contributed by atoms with Crippen LogP contribution in [0.25, 0.3) is 0 Å². The molecule has 0 saturated carbocycles. The molecule has 1 rings (SSSR count). The van der Waals surface area contributed by atoms with Crippen LogP contribution in [-0.4, -0.2) is 25.0 Å². The van der Waals surface area contributed by atoms with E-state index < -0.39 is 0 Å². The number of hydrogen-bond donors (Lipinski definition) is 3. The zero-order chi connectivity index (χ0) is 11.3. The third kappa shape index (κ3) is 4.01. The minimum atomic E-state index is -0.00671. The third-order valence-electron chi connectivity index (χ3n) is 2.47. The summed E-state index contributed by atoms with van der Waals surface area (Å²) in [4.78, 5) is 11.6. The fourth-order valence-corrected chi connectivity index (χ4v) is 1.90. The molecule has 0 spiro atoms. The molecule has 0 aromatic rings. The van der Waals surface area contributed by atoms with Crippen molar-refractivity contribution in [3.8, 4) is 0 Å². The first-order valence-electron chi connectivity index (χ1n) is 5.55. The first kappa shape index (κ1) is 12.2. The maximum atomic E-state index is 11.6. The van der Waals surface area contributed by atoms with Crippen molar-refractivity contribution in [3.05, 3.63) is 11.6 Å². The van der Waals surface area contributed by atoms with Gasteiger partial charge in [0.25, 0.3) is 5.91 Å². The Morgan fingerprint density at radius 1 is 1.53 bits per heavy atom. The van der Waals surface area contributed by atoms with Crippen LogP contribution < -0.4 is 16.2 Å². The minimum Gasteiger partial charge on any atom is -0.311 e. The van der Waals surface area contributed by atoms with Crippen molar-refractivity contribution in [1.29, 1.82) is 0 Å². The monoisotopic (exact) mass is 211 g/mol. The molecule has 3 N–H and O–H groups in total. The van der Waals surface area contributed by atoms with Gasteiger partial charge in [0, 0.05) is 24.7 Å². The molecular formula is C11H21N3O. The van der Waals surface area contributed by atoms with Crippen molar-refractivity contribution in [2.45, 2.75) is 45.2 Å². The van der Waals surface area contributed by atoms with Crippen LogP contribution in [0.3, 0.4) is 0 Å². The van der Waals surface area contributed by atoms with Crippen molar-refractivity contribution in [2.24, 2.45) is 0 Å². The lowest BCUT2D eigenvalue weighted by Gasteiger charge is -2.25. The third-order valence-corrected chi connectivity index (χ3v) is 2.47. The molecule has 15 heavy (non-hydrogen) atoms. The Morgan fingerprint density at radius 3 is 2.87 bits per heavy atom. The van der Waals surface area contributed by atoms with Crippen molar-refractivity contribution in [1.82, 2.24) is 16.2 Å². The molecule has 0 saturated heterocycles. The fraction of sp³-hybridized carbons (Fsp3) is 0.727. The van der Waals surface area contributed by atoms with E-state index in [-0.39, 0.29) is 5.91 Å². The lowest BCUT2D eigenvalue weighted by molar-refractivity contribution is -0.118. The van der Waals surface area contributed by atoms with Crippen LogP contribution in [0.1, 0.15) is 33.1 Å². The minimum absolute atomic E-state index is 0.00671. The Bertz CT molecular complexity index is 248. The molecule has 1 unspecified atom stereocenters. The standard InChI is InChI=1S/C11H21N3O/c1-8(2)13-10-6-4-5-9(7-10)11(15)14-12-3/h5,8,10,12-13H,4,6-7H2,1-3H3,(H,14,15). The van der Waals surface area contributed by atoms with Crippen LogP contribution in [0.15, 0.2) is 11.6 Å². The summed E-state index contributed by atoms with van der Waals surface area (Å²) in [7, 11) is 1.70. The predicted octanol–water partition coefficient (Wildman–Crippen LogP) is 0.714. The van der Waals surface area contributed by atoms with Gasteiger partial charge >= 0.3 is 0 Å². The van der Waals surface area contributed by atoms with E-state index in [1.807, 2.05) is 6.08 Å². The summed E-state index contributed by atoms with van der Waals surface area (Å²) in [5.41, 5.74) is 6.15. The second kappa shape index (κ2) is 5.88. The largest absolute Gasteiger partial charge is 0.311 e. The summed E-state index contributed by atoms with van der Waals surface area (Å²) < 4.78 is 0. The van der Waals surface area contributed by atoms with E-state index in [1.54, 1.807) is 7.05 Å². The van der Waals surface area contributed by atoms with Gasteiger partial charge in [-0.2, -0.15) is 0 Å². The summed E-state index contributed by atoms with van der Waals surface area (Å²) in [5, 5.41) is 3.47. The molecule has 1 amide bonds. The molecule has 0 aromatic carbocycles. The van der Waals surface area contributed by atoms with Crippen LogP contribution in [0, 0.1) is 0 Å². The van der Waals surface area contributed by atoms with Crippen molar-refractivity contribution < 1.29 is 4.79 Å². The van der Waals surface area contributed by atoms with Gasteiger partial charge in [0.2, 0.25) is 0 Å². The molecule has 0 heterocycles. The van der Waals surface area contributed by atoms with E-state index >= 15 is 0 Å². The molecule has 1 aliphatic rings. The second-order valence-electron chi connectivity index (χ2n) is 4.23. The van der Waals surface area contributed by atoms with Crippen LogP contribution in [0.5, 0.6) is 0 Å².